The number of nitrogens with two attached hydrogens (primary N) is 1. The maximum absolute atomic E-state index is 12.8. The molecule has 0 bridgehead atoms. The second kappa shape index (κ2) is 5.09. The SMILES string of the molecule is COCCSc1cc(N)cc(F)c1. The normalized spacial score (nSPS) is 10.3. The minimum absolute atomic E-state index is 0.292. The molecule has 0 heterocycles. The quantitative estimate of drug-likeness (QED) is 0.460. The molecule has 0 radical (unpaired) electrons. The zero-order chi connectivity index (χ0) is 9.68. The molecule has 72 valence electrons. The molecule has 0 unspecified atom stereocenters. The third-order valence-electron chi connectivity index (χ3n) is 1.45. The number of rotatable bonds is 4. The highest BCUT2D eigenvalue weighted by Gasteiger charge is 1.98. The largest absolute Gasteiger partial charge is 0.399 e. The van der Waals surface area contributed by atoms with Gasteiger partial charge in [0, 0.05) is 23.4 Å². The molecule has 1 rings (SSSR count). The second-order valence-corrected chi connectivity index (χ2v) is 3.73. The number of methoxy groups -OCH3 is 1. The highest BCUT2D eigenvalue weighted by atomic mass is 32.2. The summed E-state index contributed by atoms with van der Waals surface area (Å²) < 4.78 is 17.7. The minimum Gasteiger partial charge on any atom is -0.399 e. The van der Waals surface area contributed by atoms with Crippen molar-refractivity contribution in [3.05, 3.63) is 24.0 Å². The van der Waals surface area contributed by atoms with E-state index in [1.807, 2.05) is 0 Å². The molecule has 0 aliphatic heterocycles. The Hall–Kier alpha value is -0.740. The van der Waals surface area contributed by atoms with E-state index in [9.17, 15) is 4.39 Å². The molecular formula is C9H12FNOS. The third-order valence-corrected chi connectivity index (χ3v) is 2.39. The Bertz CT molecular complexity index is 260. The fourth-order valence-electron chi connectivity index (χ4n) is 0.911. The fourth-order valence-corrected chi connectivity index (χ4v) is 1.81. The smallest absolute Gasteiger partial charge is 0.126 e. The maximum Gasteiger partial charge on any atom is 0.126 e. The highest BCUT2D eigenvalue weighted by molar-refractivity contribution is 7.99. The van der Waals surface area contributed by atoms with Crippen molar-refractivity contribution >= 4 is 17.4 Å². The summed E-state index contributed by atoms with van der Waals surface area (Å²) >= 11 is 1.53. The van der Waals surface area contributed by atoms with Gasteiger partial charge in [0.15, 0.2) is 0 Å². The van der Waals surface area contributed by atoms with Crippen molar-refractivity contribution in [3.63, 3.8) is 0 Å². The molecule has 0 saturated carbocycles. The van der Waals surface area contributed by atoms with Crippen LogP contribution in [0.25, 0.3) is 0 Å². The van der Waals surface area contributed by atoms with E-state index in [-0.39, 0.29) is 5.82 Å². The molecule has 2 nitrogen and oxygen atoms in total. The summed E-state index contributed by atoms with van der Waals surface area (Å²) in [6.07, 6.45) is 0. The van der Waals surface area contributed by atoms with E-state index in [4.69, 9.17) is 10.5 Å². The van der Waals surface area contributed by atoms with Crippen LogP contribution in [0, 0.1) is 5.82 Å². The fraction of sp³-hybridized carbons (Fsp3) is 0.333. The van der Waals surface area contributed by atoms with Gasteiger partial charge in [-0.05, 0) is 18.2 Å². The first-order chi connectivity index (χ1) is 6.22. The monoisotopic (exact) mass is 201 g/mol. The van der Waals surface area contributed by atoms with Crippen LogP contribution >= 0.6 is 11.8 Å². The van der Waals surface area contributed by atoms with E-state index < -0.39 is 0 Å². The van der Waals surface area contributed by atoms with Gasteiger partial charge < -0.3 is 10.5 Å². The van der Waals surface area contributed by atoms with Crippen LogP contribution in [0.3, 0.4) is 0 Å². The van der Waals surface area contributed by atoms with Crippen molar-refractivity contribution in [2.24, 2.45) is 0 Å². The molecule has 0 aromatic heterocycles. The van der Waals surface area contributed by atoms with Gasteiger partial charge in [-0.1, -0.05) is 0 Å². The number of hydrogen-bond donors (Lipinski definition) is 1. The Labute approximate surface area is 81.3 Å². The lowest BCUT2D eigenvalue weighted by atomic mass is 10.3. The van der Waals surface area contributed by atoms with Gasteiger partial charge in [-0.3, -0.25) is 0 Å². The van der Waals surface area contributed by atoms with Crippen molar-refractivity contribution in [3.8, 4) is 0 Å². The first kappa shape index (κ1) is 10.3. The van der Waals surface area contributed by atoms with Crippen LogP contribution in [0.1, 0.15) is 0 Å². The maximum atomic E-state index is 12.8. The predicted octanol–water partition coefficient (Wildman–Crippen LogP) is 2.15. The topological polar surface area (TPSA) is 35.2 Å². The number of nitrogen functional groups attached to an aromatic ring is 1. The van der Waals surface area contributed by atoms with E-state index >= 15 is 0 Å². The van der Waals surface area contributed by atoms with Crippen LogP contribution in [-0.2, 0) is 4.74 Å². The molecule has 0 fully saturated rings. The zero-order valence-electron chi connectivity index (χ0n) is 7.42. The molecule has 0 amide bonds. The second-order valence-electron chi connectivity index (χ2n) is 2.56. The number of halogens is 1. The van der Waals surface area contributed by atoms with Crippen LogP contribution in [0.5, 0.6) is 0 Å². The third kappa shape index (κ3) is 3.65. The van der Waals surface area contributed by atoms with E-state index in [2.05, 4.69) is 0 Å². The average molecular weight is 201 g/mol. The number of hydrogen-bond acceptors (Lipinski definition) is 3. The van der Waals surface area contributed by atoms with Gasteiger partial charge in [0.25, 0.3) is 0 Å². The van der Waals surface area contributed by atoms with E-state index in [1.54, 1.807) is 13.2 Å². The predicted molar refractivity (Wildman–Crippen MR) is 53.4 cm³/mol. The van der Waals surface area contributed by atoms with Crippen LogP contribution in [0.15, 0.2) is 23.1 Å². The highest BCUT2D eigenvalue weighted by Crippen LogP contribution is 2.21. The van der Waals surface area contributed by atoms with Crippen molar-refractivity contribution in [2.45, 2.75) is 4.90 Å². The summed E-state index contributed by atoms with van der Waals surface area (Å²) in [5, 5.41) is 0. The summed E-state index contributed by atoms with van der Waals surface area (Å²) in [6, 6.07) is 4.53. The lowest BCUT2D eigenvalue weighted by Gasteiger charge is -2.02. The lowest BCUT2D eigenvalue weighted by molar-refractivity contribution is 0.218. The first-order valence-corrected chi connectivity index (χ1v) is 4.89. The molecular weight excluding hydrogens is 189 g/mol. The van der Waals surface area contributed by atoms with Gasteiger partial charge in [-0.2, -0.15) is 0 Å². The van der Waals surface area contributed by atoms with Crippen LogP contribution in [0.4, 0.5) is 10.1 Å². The molecule has 2 N–H and O–H groups in total. The molecule has 1 aromatic carbocycles. The van der Waals surface area contributed by atoms with E-state index in [0.717, 1.165) is 10.6 Å². The summed E-state index contributed by atoms with van der Waals surface area (Å²) in [5.41, 5.74) is 5.94. The number of benzene rings is 1. The summed E-state index contributed by atoms with van der Waals surface area (Å²) in [6.45, 7) is 0.654. The molecule has 0 aliphatic carbocycles. The van der Waals surface area contributed by atoms with Crippen molar-refractivity contribution in [1.29, 1.82) is 0 Å². The van der Waals surface area contributed by atoms with Crippen molar-refractivity contribution in [1.82, 2.24) is 0 Å². The summed E-state index contributed by atoms with van der Waals surface area (Å²) in [7, 11) is 1.64. The zero-order valence-corrected chi connectivity index (χ0v) is 8.23. The van der Waals surface area contributed by atoms with Crippen molar-refractivity contribution < 1.29 is 9.13 Å². The summed E-state index contributed by atoms with van der Waals surface area (Å²) in [4.78, 5) is 0.842. The van der Waals surface area contributed by atoms with Crippen molar-refractivity contribution in [2.75, 3.05) is 25.2 Å². The van der Waals surface area contributed by atoms with Crippen LogP contribution < -0.4 is 5.73 Å². The first-order valence-electron chi connectivity index (χ1n) is 3.90. The number of ether oxygens (including phenoxy) is 1. The van der Waals surface area contributed by atoms with Crippen LogP contribution in [0.2, 0.25) is 0 Å². The summed E-state index contributed by atoms with van der Waals surface area (Å²) in [5.74, 6) is 0.513. The molecule has 0 saturated heterocycles. The van der Waals surface area contributed by atoms with E-state index in [0.29, 0.717) is 12.3 Å². The molecule has 1 aromatic rings. The van der Waals surface area contributed by atoms with Gasteiger partial charge in [-0.25, -0.2) is 4.39 Å². The number of thioether (sulfide) groups is 1. The van der Waals surface area contributed by atoms with Gasteiger partial charge in [0.2, 0.25) is 0 Å². The Morgan fingerprint density at radius 2 is 2.23 bits per heavy atom. The van der Waals surface area contributed by atoms with Gasteiger partial charge in [0.1, 0.15) is 5.82 Å². The van der Waals surface area contributed by atoms with Crippen LogP contribution in [-0.4, -0.2) is 19.5 Å². The molecule has 13 heavy (non-hydrogen) atoms. The van der Waals surface area contributed by atoms with Gasteiger partial charge >= 0.3 is 0 Å². The molecule has 4 heteroatoms. The average Bonchev–Trinajstić information content (AvgIpc) is 2.03. The Morgan fingerprint density at radius 3 is 2.85 bits per heavy atom. The molecule has 0 aliphatic rings. The molecule has 0 atom stereocenters. The standard InChI is InChI=1S/C9H12FNOS/c1-12-2-3-13-9-5-7(10)4-8(11)6-9/h4-6H,2-3,11H2,1H3. The minimum atomic E-state index is -0.292. The van der Waals surface area contributed by atoms with Gasteiger partial charge in [-0.15, -0.1) is 11.8 Å². The Morgan fingerprint density at radius 1 is 1.46 bits per heavy atom. The molecule has 0 spiro atoms. The lowest BCUT2D eigenvalue weighted by Crippen LogP contribution is -1.92. The Kier molecular flexibility index (Phi) is 4.05. The number of anilines is 1. The Balaban J connectivity index is 2.56. The van der Waals surface area contributed by atoms with Gasteiger partial charge in [0.05, 0.1) is 6.61 Å². The van der Waals surface area contributed by atoms with E-state index in [1.165, 1.54) is 23.9 Å².